The fourth-order valence-corrected chi connectivity index (χ4v) is 2.15. The summed E-state index contributed by atoms with van der Waals surface area (Å²) in [7, 11) is 0. The summed E-state index contributed by atoms with van der Waals surface area (Å²) in [4.78, 5) is 44.7. The molecule has 0 spiro atoms. The number of hydrogen-bond donors (Lipinski definition) is 4. The Labute approximate surface area is 121 Å². The van der Waals surface area contributed by atoms with Crippen LogP contribution in [0, 0.1) is 0 Å². The second-order valence-electron chi connectivity index (χ2n) is 4.33. The van der Waals surface area contributed by atoms with E-state index < -0.39 is 40.6 Å². The Balaban J connectivity index is 3.02. The van der Waals surface area contributed by atoms with Crippen LogP contribution in [0.15, 0.2) is 24.3 Å². The van der Waals surface area contributed by atoms with Crippen LogP contribution in [0.3, 0.4) is 0 Å². The highest BCUT2D eigenvalue weighted by Crippen LogP contribution is 2.28. The Bertz CT molecular complexity index is 850. The van der Waals surface area contributed by atoms with Crippen LogP contribution >= 0.6 is 0 Å². The Morgan fingerprint density at radius 1 is 0.682 bits per heavy atom. The van der Waals surface area contributed by atoms with Gasteiger partial charge in [0.1, 0.15) is 0 Å². The molecule has 0 saturated heterocycles. The molecule has 0 aliphatic carbocycles. The van der Waals surface area contributed by atoms with Crippen LogP contribution in [0.4, 0.5) is 0 Å². The standard InChI is InChI=1S/C14H8O8/c15-11(16)5-1-2-7-6(3-5)4-8(12(17)18)10(14(21)22)9(7)13(19)20/h1-4H,(H,15,16)(H,17,18)(H,19,20)(H,21,22). The van der Waals surface area contributed by atoms with Crippen LogP contribution in [-0.4, -0.2) is 44.3 Å². The SMILES string of the molecule is O=C(O)c1ccc2c(C(=O)O)c(C(=O)O)c(C(=O)O)cc2c1. The van der Waals surface area contributed by atoms with E-state index in [1.54, 1.807) is 0 Å². The first-order valence-electron chi connectivity index (χ1n) is 5.78. The number of hydrogen-bond acceptors (Lipinski definition) is 4. The van der Waals surface area contributed by atoms with E-state index in [0.29, 0.717) is 0 Å². The van der Waals surface area contributed by atoms with E-state index in [1.807, 2.05) is 0 Å². The molecule has 0 bridgehead atoms. The summed E-state index contributed by atoms with van der Waals surface area (Å²) in [5.41, 5.74) is -2.45. The maximum Gasteiger partial charge on any atom is 0.337 e. The van der Waals surface area contributed by atoms with Crippen LogP contribution in [0.5, 0.6) is 0 Å². The van der Waals surface area contributed by atoms with Gasteiger partial charge in [-0.2, -0.15) is 0 Å². The summed E-state index contributed by atoms with van der Waals surface area (Å²) >= 11 is 0. The van der Waals surface area contributed by atoms with Gasteiger partial charge in [0.15, 0.2) is 0 Å². The second kappa shape index (κ2) is 5.17. The molecular formula is C14H8O8. The fourth-order valence-electron chi connectivity index (χ4n) is 2.15. The minimum Gasteiger partial charge on any atom is -0.478 e. The van der Waals surface area contributed by atoms with Crippen molar-refractivity contribution in [1.82, 2.24) is 0 Å². The van der Waals surface area contributed by atoms with Gasteiger partial charge in [0.05, 0.1) is 22.3 Å². The van der Waals surface area contributed by atoms with Crippen molar-refractivity contribution >= 4 is 34.6 Å². The summed E-state index contributed by atoms with van der Waals surface area (Å²) in [6, 6.07) is 4.28. The molecular weight excluding hydrogens is 296 g/mol. The first-order chi connectivity index (χ1) is 10.2. The smallest absolute Gasteiger partial charge is 0.337 e. The highest BCUT2D eigenvalue weighted by molar-refractivity contribution is 6.17. The van der Waals surface area contributed by atoms with Crippen molar-refractivity contribution in [3.63, 3.8) is 0 Å². The monoisotopic (exact) mass is 304 g/mol. The number of carboxylic acid groups (broad SMARTS) is 4. The maximum absolute atomic E-state index is 11.4. The van der Waals surface area contributed by atoms with Gasteiger partial charge in [0, 0.05) is 0 Å². The van der Waals surface area contributed by atoms with Crippen molar-refractivity contribution in [2.24, 2.45) is 0 Å². The zero-order chi connectivity index (χ0) is 16.6. The van der Waals surface area contributed by atoms with E-state index in [-0.39, 0.29) is 16.3 Å². The van der Waals surface area contributed by atoms with E-state index in [0.717, 1.165) is 24.3 Å². The Morgan fingerprint density at radius 2 is 1.27 bits per heavy atom. The summed E-state index contributed by atoms with van der Waals surface area (Å²) in [6.45, 7) is 0. The summed E-state index contributed by atoms with van der Waals surface area (Å²) < 4.78 is 0. The Hall–Kier alpha value is -3.42. The number of rotatable bonds is 4. The van der Waals surface area contributed by atoms with Crippen molar-refractivity contribution < 1.29 is 39.6 Å². The van der Waals surface area contributed by atoms with Gasteiger partial charge in [0.25, 0.3) is 0 Å². The first kappa shape index (κ1) is 15.0. The highest BCUT2D eigenvalue weighted by atomic mass is 16.4. The second-order valence-corrected chi connectivity index (χ2v) is 4.33. The summed E-state index contributed by atoms with van der Waals surface area (Å²) in [5.74, 6) is -6.21. The average molecular weight is 304 g/mol. The summed E-state index contributed by atoms with van der Waals surface area (Å²) in [6.07, 6.45) is 0. The molecule has 0 atom stereocenters. The zero-order valence-electron chi connectivity index (χ0n) is 10.7. The molecule has 22 heavy (non-hydrogen) atoms. The van der Waals surface area contributed by atoms with Gasteiger partial charge in [-0.3, -0.25) is 0 Å². The maximum atomic E-state index is 11.4. The average Bonchev–Trinajstić information content (AvgIpc) is 2.43. The lowest BCUT2D eigenvalue weighted by Gasteiger charge is -2.10. The van der Waals surface area contributed by atoms with E-state index in [2.05, 4.69) is 0 Å². The normalized spacial score (nSPS) is 10.4. The van der Waals surface area contributed by atoms with Gasteiger partial charge in [-0.05, 0) is 29.0 Å². The third-order valence-electron chi connectivity index (χ3n) is 3.05. The van der Waals surface area contributed by atoms with E-state index >= 15 is 0 Å². The molecule has 0 fully saturated rings. The lowest BCUT2D eigenvalue weighted by atomic mass is 9.93. The van der Waals surface area contributed by atoms with Crippen LogP contribution < -0.4 is 0 Å². The van der Waals surface area contributed by atoms with Crippen molar-refractivity contribution in [3.05, 3.63) is 46.5 Å². The quantitative estimate of drug-likeness (QED) is 0.665. The first-order valence-corrected chi connectivity index (χ1v) is 5.78. The number of carboxylic acids is 4. The Kier molecular flexibility index (Phi) is 3.52. The molecule has 2 rings (SSSR count). The van der Waals surface area contributed by atoms with E-state index in [4.69, 9.17) is 15.3 Å². The van der Waals surface area contributed by atoms with Gasteiger partial charge in [-0.1, -0.05) is 6.07 Å². The third-order valence-corrected chi connectivity index (χ3v) is 3.05. The van der Waals surface area contributed by atoms with E-state index in [1.165, 1.54) is 0 Å². The molecule has 2 aromatic rings. The highest BCUT2D eigenvalue weighted by Gasteiger charge is 2.27. The molecule has 2 aromatic carbocycles. The molecule has 0 aliphatic rings. The zero-order valence-corrected chi connectivity index (χ0v) is 10.7. The van der Waals surface area contributed by atoms with Gasteiger partial charge in [0.2, 0.25) is 0 Å². The summed E-state index contributed by atoms with van der Waals surface area (Å²) in [5, 5.41) is 36.3. The Morgan fingerprint density at radius 3 is 1.73 bits per heavy atom. The van der Waals surface area contributed by atoms with Crippen LogP contribution in [0.1, 0.15) is 41.4 Å². The molecule has 0 saturated carbocycles. The molecule has 8 nitrogen and oxygen atoms in total. The number of aromatic carboxylic acids is 4. The molecule has 0 unspecified atom stereocenters. The van der Waals surface area contributed by atoms with Crippen LogP contribution in [0.2, 0.25) is 0 Å². The fraction of sp³-hybridized carbons (Fsp3) is 0. The van der Waals surface area contributed by atoms with Crippen molar-refractivity contribution in [2.45, 2.75) is 0 Å². The number of benzene rings is 2. The topological polar surface area (TPSA) is 149 Å². The molecule has 0 heterocycles. The third kappa shape index (κ3) is 2.33. The molecule has 8 heteroatoms. The molecule has 0 aromatic heterocycles. The van der Waals surface area contributed by atoms with Gasteiger partial charge < -0.3 is 20.4 Å². The van der Waals surface area contributed by atoms with Crippen molar-refractivity contribution in [3.8, 4) is 0 Å². The van der Waals surface area contributed by atoms with Gasteiger partial charge in [-0.25, -0.2) is 19.2 Å². The van der Waals surface area contributed by atoms with Gasteiger partial charge >= 0.3 is 23.9 Å². The predicted molar refractivity (Wildman–Crippen MR) is 71.8 cm³/mol. The lowest BCUT2D eigenvalue weighted by Crippen LogP contribution is -2.15. The minimum atomic E-state index is -1.70. The molecule has 0 amide bonds. The molecule has 4 N–H and O–H groups in total. The molecule has 112 valence electrons. The molecule has 0 aliphatic heterocycles. The largest absolute Gasteiger partial charge is 0.478 e. The lowest BCUT2D eigenvalue weighted by molar-refractivity contribution is 0.0634. The van der Waals surface area contributed by atoms with Crippen LogP contribution in [0.25, 0.3) is 10.8 Å². The van der Waals surface area contributed by atoms with Crippen molar-refractivity contribution in [2.75, 3.05) is 0 Å². The number of carbonyl (C=O) groups is 4. The molecule has 0 radical (unpaired) electrons. The minimum absolute atomic E-state index is 0.0136. The van der Waals surface area contributed by atoms with Gasteiger partial charge in [-0.15, -0.1) is 0 Å². The van der Waals surface area contributed by atoms with Crippen LogP contribution in [-0.2, 0) is 0 Å². The van der Waals surface area contributed by atoms with E-state index in [9.17, 15) is 24.3 Å². The predicted octanol–water partition coefficient (Wildman–Crippen LogP) is 1.63. The number of fused-ring (bicyclic) bond motifs is 1. The van der Waals surface area contributed by atoms with Crippen molar-refractivity contribution in [1.29, 1.82) is 0 Å².